The lowest BCUT2D eigenvalue weighted by molar-refractivity contribution is -0.116. The minimum atomic E-state index is 0.0153. The molecule has 0 saturated heterocycles. The fraction of sp³-hybridized carbons (Fsp3) is 0.222. The summed E-state index contributed by atoms with van der Waals surface area (Å²) in [5.74, 6) is 0.273. The molecule has 0 atom stereocenters. The van der Waals surface area contributed by atoms with Crippen molar-refractivity contribution < 1.29 is 9.21 Å². The summed E-state index contributed by atoms with van der Waals surface area (Å²) in [6, 6.07) is 15.0. The standard InChI is InChI=1S/C18H17ClN2O2S/c1-12(2)21(14-6-4-3-5-7-14)17(22)11-24-18-20-15-9-8-13(19)10-16(15)23-18/h3-10,12H,11H2,1-2H3. The van der Waals surface area contributed by atoms with Crippen LogP contribution < -0.4 is 4.90 Å². The monoisotopic (exact) mass is 360 g/mol. The zero-order valence-electron chi connectivity index (χ0n) is 13.4. The van der Waals surface area contributed by atoms with Crippen molar-refractivity contribution in [1.82, 2.24) is 4.98 Å². The van der Waals surface area contributed by atoms with Crippen molar-refractivity contribution in [3.05, 3.63) is 53.6 Å². The minimum Gasteiger partial charge on any atom is -0.431 e. The maximum absolute atomic E-state index is 12.6. The Labute approximate surface area is 149 Å². The number of carbonyl (C=O) groups excluding carboxylic acids is 1. The van der Waals surface area contributed by atoms with Gasteiger partial charge in [0.15, 0.2) is 5.58 Å². The average Bonchev–Trinajstić information content (AvgIpc) is 2.95. The fourth-order valence-corrected chi connectivity index (χ4v) is 3.31. The molecule has 0 spiro atoms. The van der Waals surface area contributed by atoms with Gasteiger partial charge in [0.2, 0.25) is 5.91 Å². The molecule has 4 nitrogen and oxygen atoms in total. The first-order valence-corrected chi connectivity index (χ1v) is 8.97. The molecule has 0 unspecified atom stereocenters. The van der Waals surface area contributed by atoms with Crippen molar-refractivity contribution in [3.8, 4) is 0 Å². The molecule has 0 fully saturated rings. The van der Waals surface area contributed by atoms with E-state index in [1.54, 1.807) is 23.1 Å². The van der Waals surface area contributed by atoms with E-state index in [0.717, 1.165) is 11.2 Å². The third-order valence-electron chi connectivity index (χ3n) is 3.47. The van der Waals surface area contributed by atoms with Gasteiger partial charge in [-0.25, -0.2) is 4.98 Å². The molecule has 1 amide bonds. The number of anilines is 1. The van der Waals surface area contributed by atoms with Crippen LogP contribution in [-0.2, 0) is 4.79 Å². The molecule has 1 heterocycles. The van der Waals surface area contributed by atoms with Gasteiger partial charge in [0, 0.05) is 22.8 Å². The fourth-order valence-electron chi connectivity index (χ4n) is 2.45. The van der Waals surface area contributed by atoms with Gasteiger partial charge in [-0.3, -0.25) is 4.79 Å². The highest BCUT2D eigenvalue weighted by Crippen LogP contribution is 2.26. The van der Waals surface area contributed by atoms with Crippen LogP contribution in [0.15, 0.2) is 58.2 Å². The highest BCUT2D eigenvalue weighted by molar-refractivity contribution is 7.99. The van der Waals surface area contributed by atoms with E-state index in [1.807, 2.05) is 44.2 Å². The van der Waals surface area contributed by atoms with Gasteiger partial charge in [-0.05, 0) is 38.1 Å². The number of benzene rings is 2. The SMILES string of the molecule is CC(C)N(C(=O)CSc1nc2ccc(Cl)cc2o1)c1ccccc1. The molecule has 124 valence electrons. The molecule has 0 bridgehead atoms. The largest absolute Gasteiger partial charge is 0.431 e. The number of fused-ring (bicyclic) bond motifs is 1. The summed E-state index contributed by atoms with van der Waals surface area (Å²) in [6.45, 7) is 3.99. The number of rotatable bonds is 5. The molecule has 0 aliphatic rings. The maximum atomic E-state index is 12.6. The van der Waals surface area contributed by atoms with Crippen LogP contribution in [0.5, 0.6) is 0 Å². The second-order valence-electron chi connectivity index (χ2n) is 5.57. The summed E-state index contributed by atoms with van der Waals surface area (Å²) in [5.41, 5.74) is 2.25. The lowest BCUT2D eigenvalue weighted by Crippen LogP contribution is -2.38. The number of aromatic nitrogens is 1. The average molecular weight is 361 g/mol. The summed E-state index contributed by atoms with van der Waals surface area (Å²) in [7, 11) is 0. The van der Waals surface area contributed by atoms with Gasteiger partial charge in [0.1, 0.15) is 5.52 Å². The zero-order chi connectivity index (χ0) is 17.1. The topological polar surface area (TPSA) is 46.3 Å². The molecule has 0 N–H and O–H groups in total. The van der Waals surface area contributed by atoms with Gasteiger partial charge in [-0.1, -0.05) is 41.6 Å². The van der Waals surface area contributed by atoms with Gasteiger partial charge in [-0.2, -0.15) is 0 Å². The molecule has 0 radical (unpaired) electrons. The van der Waals surface area contributed by atoms with Crippen molar-refractivity contribution in [2.45, 2.75) is 25.1 Å². The van der Waals surface area contributed by atoms with Gasteiger partial charge < -0.3 is 9.32 Å². The Bertz CT molecular complexity index is 849. The number of amides is 1. The van der Waals surface area contributed by atoms with Gasteiger partial charge >= 0.3 is 0 Å². The van der Waals surface area contributed by atoms with E-state index in [1.165, 1.54) is 11.8 Å². The number of halogens is 1. The normalized spacial score (nSPS) is 11.2. The van der Waals surface area contributed by atoms with E-state index >= 15 is 0 Å². The third-order valence-corrected chi connectivity index (χ3v) is 4.52. The van der Waals surface area contributed by atoms with Gasteiger partial charge in [-0.15, -0.1) is 0 Å². The van der Waals surface area contributed by atoms with E-state index in [-0.39, 0.29) is 17.7 Å². The van der Waals surface area contributed by atoms with Crippen LogP contribution in [0.4, 0.5) is 5.69 Å². The van der Waals surface area contributed by atoms with Crippen LogP contribution in [0.3, 0.4) is 0 Å². The zero-order valence-corrected chi connectivity index (χ0v) is 15.0. The van der Waals surface area contributed by atoms with Crippen molar-refractivity contribution in [1.29, 1.82) is 0 Å². The van der Waals surface area contributed by atoms with Crippen LogP contribution in [0.25, 0.3) is 11.1 Å². The third kappa shape index (κ3) is 3.74. The van der Waals surface area contributed by atoms with Crippen LogP contribution in [0, 0.1) is 0 Å². The second kappa shape index (κ2) is 7.28. The number of oxazole rings is 1. The smallest absolute Gasteiger partial charge is 0.257 e. The van der Waals surface area contributed by atoms with E-state index in [2.05, 4.69) is 4.98 Å². The van der Waals surface area contributed by atoms with Crippen molar-refractivity contribution in [2.75, 3.05) is 10.7 Å². The molecule has 24 heavy (non-hydrogen) atoms. The summed E-state index contributed by atoms with van der Waals surface area (Å²) < 4.78 is 5.64. The van der Waals surface area contributed by atoms with Crippen LogP contribution in [-0.4, -0.2) is 22.7 Å². The van der Waals surface area contributed by atoms with Crippen LogP contribution >= 0.6 is 23.4 Å². The summed E-state index contributed by atoms with van der Waals surface area (Å²) in [4.78, 5) is 18.8. The van der Waals surface area contributed by atoms with Crippen molar-refractivity contribution in [3.63, 3.8) is 0 Å². The first-order chi connectivity index (χ1) is 11.5. The van der Waals surface area contributed by atoms with E-state index in [0.29, 0.717) is 15.8 Å². The van der Waals surface area contributed by atoms with Crippen LogP contribution in [0.1, 0.15) is 13.8 Å². The summed E-state index contributed by atoms with van der Waals surface area (Å²) in [5, 5.41) is 1.07. The Balaban J connectivity index is 1.73. The van der Waals surface area contributed by atoms with Gasteiger partial charge in [0.25, 0.3) is 5.22 Å². The lowest BCUT2D eigenvalue weighted by atomic mass is 10.2. The summed E-state index contributed by atoms with van der Waals surface area (Å²) >= 11 is 7.23. The van der Waals surface area contributed by atoms with Crippen molar-refractivity contribution >= 4 is 46.1 Å². The Morgan fingerprint density at radius 2 is 2.00 bits per heavy atom. The number of hydrogen-bond donors (Lipinski definition) is 0. The van der Waals surface area contributed by atoms with Gasteiger partial charge in [0.05, 0.1) is 5.75 Å². The highest BCUT2D eigenvalue weighted by atomic mass is 35.5. The highest BCUT2D eigenvalue weighted by Gasteiger charge is 2.20. The number of carbonyl (C=O) groups is 1. The molecule has 2 aromatic carbocycles. The minimum absolute atomic E-state index is 0.0153. The Morgan fingerprint density at radius 1 is 1.25 bits per heavy atom. The molecule has 0 aliphatic carbocycles. The van der Waals surface area contributed by atoms with Crippen molar-refractivity contribution in [2.24, 2.45) is 0 Å². The quantitative estimate of drug-likeness (QED) is 0.600. The Hall–Kier alpha value is -1.98. The molecule has 3 rings (SSSR count). The van der Waals surface area contributed by atoms with E-state index in [9.17, 15) is 4.79 Å². The molecular formula is C18H17ClN2O2S. The molecule has 1 aromatic heterocycles. The molecule has 0 saturated carbocycles. The number of nitrogens with zero attached hydrogens (tertiary/aromatic N) is 2. The molecule has 0 aliphatic heterocycles. The second-order valence-corrected chi connectivity index (χ2v) is 6.94. The Kier molecular flexibility index (Phi) is 5.11. The maximum Gasteiger partial charge on any atom is 0.257 e. The molecular weight excluding hydrogens is 344 g/mol. The Morgan fingerprint density at radius 3 is 2.71 bits per heavy atom. The number of hydrogen-bond acceptors (Lipinski definition) is 4. The lowest BCUT2D eigenvalue weighted by Gasteiger charge is -2.26. The summed E-state index contributed by atoms with van der Waals surface area (Å²) in [6.07, 6.45) is 0. The van der Waals surface area contributed by atoms with Crippen LogP contribution in [0.2, 0.25) is 5.02 Å². The first kappa shape index (κ1) is 16.9. The number of thioether (sulfide) groups is 1. The molecule has 3 aromatic rings. The van der Waals surface area contributed by atoms with E-state index in [4.69, 9.17) is 16.0 Å². The predicted octanol–water partition coefficient (Wildman–Crippen LogP) is 5.01. The number of para-hydroxylation sites is 1. The predicted molar refractivity (Wildman–Crippen MR) is 98.8 cm³/mol. The van der Waals surface area contributed by atoms with E-state index < -0.39 is 0 Å². The molecule has 6 heteroatoms. The first-order valence-electron chi connectivity index (χ1n) is 7.60.